The van der Waals surface area contributed by atoms with Gasteiger partial charge in [0.05, 0.1) is 17.8 Å². The molecule has 3 rings (SSSR count). The molecule has 1 aliphatic heterocycles. The van der Waals surface area contributed by atoms with Gasteiger partial charge in [-0.25, -0.2) is 0 Å². The van der Waals surface area contributed by atoms with Gasteiger partial charge in [-0.3, -0.25) is 4.68 Å². The van der Waals surface area contributed by atoms with Crippen LogP contribution in [-0.2, 0) is 18.2 Å². The Labute approximate surface area is 113 Å². The number of aryl methyl sites for hydroxylation is 1. The molecule has 0 saturated carbocycles. The van der Waals surface area contributed by atoms with Crippen LogP contribution in [0.5, 0.6) is 0 Å². The number of nitrogens with zero attached hydrogens (tertiary/aromatic N) is 2. The molecule has 2 atom stereocenters. The first-order valence-electron chi connectivity index (χ1n) is 6.99. The number of ether oxygens (including phenoxy) is 1. The third-order valence-electron chi connectivity index (χ3n) is 4.06. The number of nitrogens with two attached hydrogens (primary N) is 1. The van der Waals surface area contributed by atoms with E-state index < -0.39 is 0 Å². The molecule has 1 aromatic heterocycles. The Morgan fingerprint density at radius 1 is 1.47 bits per heavy atom. The summed E-state index contributed by atoms with van der Waals surface area (Å²) in [4.78, 5) is 0. The molecule has 0 aliphatic carbocycles. The topological polar surface area (TPSA) is 53.1 Å². The van der Waals surface area contributed by atoms with Crippen LogP contribution in [0.25, 0.3) is 10.9 Å². The molecule has 0 bridgehead atoms. The SMILES string of the molecule is Cn1nc(CC(N)C2CCCOC2)c2ccccc21. The van der Waals surface area contributed by atoms with Gasteiger partial charge in [0.15, 0.2) is 0 Å². The van der Waals surface area contributed by atoms with Gasteiger partial charge in [-0.15, -0.1) is 0 Å². The minimum Gasteiger partial charge on any atom is -0.381 e. The van der Waals surface area contributed by atoms with Gasteiger partial charge in [-0.05, 0) is 24.8 Å². The lowest BCUT2D eigenvalue weighted by atomic mass is 9.91. The number of fused-ring (bicyclic) bond motifs is 1. The van der Waals surface area contributed by atoms with Crippen molar-refractivity contribution in [2.45, 2.75) is 25.3 Å². The Morgan fingerprint density at radius 2 is 2.32 bits per heavy atom. The third kappa shape index (κ3) is 2.51. The van der Waals surface area contributed by atoms with Crippen molar-refractivity contribution in [3.8, 4) is 0 Å². The minimum absolute atomic E-state index is 0.138. The van der Waals surface area contributed by atoms with E-state index in [4.69, 9.17) is 10.5 Å². The van der Waals surface area contributed by atoms with E-state index in [1.807, 2.05) is 17.8 Å². The maximum absolute atomic E-state index is 6.35. The summed E-state index contributed by atoms with van der Waals surface area (Å²) in [7, 11) is 1.99. The van der Waals surface area contributed by atoms with Crippen LogP contribution in [0.4, 0.5) is 0 Å². The zero-order chi connectivity index (χ0) is 13.2. The molecule has 4 nitrogen and oxygen atoms in total. The monoisotopic (exact) mass is 259 g/mol. The normalized spacial score (nSPS) is 21.7. The number of para-hydroxylation sites is 1. The van der Waals surface area contributed by atoms with Crippen molar-refractivity contribution < 1.29 is 4.74 Å². The van der Waals surface area contributed by atoms with E-state index in [0.29, 0.717) is 5.92 Å². The highest BCUT2D eigenvalue weighted by Gasteiger charge is 2.23. The maximum atomic E-state index is 6.35. The van der Waals surface area contributed by atoms with Crippen molar-refractivity contribution >= 4 is 10.9 Å². The molecule has 19 heavy (non-hydrogen) atoms. The van der Waals surface area contributed by atoms with Crippen LogP contribution in [0.1, 0.15) is 18.5 Å². The van der Waals surface area contributed by atoms with Crippen LogP contribution in [0.3, 0.4) is 0 Å². The predicted molar refractivity (Wildman–Crippen MR) is 75.9 cm³/mol. The smallest absolute Gasteiger partial charge is 0.0718 e. The van der Waals surface area contributed by atoms with Gasteiger partial charge in [0.25, 0.3) is 0 Å². The standard InChI is InChI=1S/C15H21N3O/c1-18-15-7-3-2-6-12(15)14(17-18)9-13(16)11-5-4-8-19-10-11/h2-3,6-7,11,13H,4-5,8-10,16H2,1H3. The van der Waals surface area contributed by atoms with Crippen LogP contribution in [0.2, 0.25) is 0 Å². The average molecular weight is 259 g/mol. The second-order valence-corrected chi connectivity index (χ2v) is 5.43. The van der Waals surface area contributed by atoms with E-state index in [1.54, 1.807) is 0 Å². The summed E-state index contributed by atoms with van der Waals surface area (Å²) in [5.41, 5.74) is 8.63. The van der Waals surface area contributed by atoms with Crippen LogP contribution >= 0.6 is 0 Å². The number of hydrogen-bond acceptors (Lipinski definition) is 3. The highest BCUT2D eigenvalue weighted by atomic mass is 16.5. The molecule has 2 N–H and O–H groups in total. The lowest BCUT2D eigenvalue weighted by molar-refractivity contribution is 0.0449. The lowest BCUT2D eigenvalue weighted by Crippen LogP contribution is -2.37. The first-order chi connectivity index (χ1) is 9.25. The van der Waals surface area contributed by atoms with Crippen LogP contribution in [-0.4, -0.2) is 29.0 Å². The van der Waals surface area contributed by atoms with Gasteiger partial charge in [-0.2, -0.15) is 5.10 Å². The molecule has 1 aliphatic rings. The van der Waals surface area contributed by atoms with Crippen molar-refractivity contribution in [1.29, 1.82) is 0 Å². The number of hydrogen-bond donors (Lipinski definition) is 1. The molecule has 0 spiro atoms. The second-order valence-electron chi connectivity index (χ2n) is 5.43. The van der Waals surface area contributed by atoms with E-state index in [1.165, 1.54) is 17.3 Å². The van der Waals surface area contributed by atoms with E-state index in [0.717, 1.165) is 31.7 Å². The van der Waals surface area contributed by atoms with Crippen LogP contribution < -0.4 is 5.73 Å². The van der Waals surface area contributed by atoms with E-state index in [2.05, 4.69) is 23.3 Å². The van der Waals surface area contributed by atoms with Crippen LogP contribution in [0.15, 0.2) is 24.3 Å². The van der Waals surface area contributed by atoms with Gasteiger partial charge >= 0.3 is 0 Å². The quantitative estimate of drug-likeness (QED) is 0.915. The van der Waals surface area contributed by atoms with Gasteiger partial charge in [0.1, 0.15) is 0 Å². The Bertz CT molecular complexity index is 558. The number of aromatic nitrogens is 2. The molecular formula is C15H21N3O. The average Bonchev–Trinajstić information content (AvgIpc) is 2.77. The van der Waals surface area contributed by atoms with E-state index in [-0.39, 0.29) is 6.04 Å². The molecule has 1 fully saturated rings. The Morgan fingerprint density at radius 3 is 3.11 bits per heavy atom. The minimum atomic E-state index is 0.138. The first-order valence-corrected chi connectivity index (χ1v) is 6.99. The molecule has 2 heterocycles. The fraction of sp³-hybridized carbons (Fsp3) is 0.533. The molecule has 0 radical (unpaired) electrons. The molecule has 1 aromatic carbocycles. The summed E-state index contributed by atoms with van der Waals surface area (Å²) in [6.45, 7) is 1.68. The predicted octanol–water partition coefficient (Wildman–Crippen LogP) is 1.87. The molecule has 0 amide bonds. The lowest BCUT2D eigenvalue weighted by Gasteiger charge is -2.27. The van der Waals surface area contributed by atoms with E-state index >= 15 is 0 Å². The fourth-order valence-corrected chi connectivity index (χ4v) is 2.93. The summed E-state index contributed by atoms with van der Waals surface area (Å²) < 4.78 is 7.47. The number of benzene rings is 1. The summed E-state index contributed by atoms with van der Waals surface area (Å²) in [5.74, 6) is 0.467. The Hall–Kier alpha value is -1.39. The summed E-state index contributed by atoms with van der Waals surface area (Å²) in [6, 6.07) is 8.47. The van der Waals surface area contributed by atoms with Gasteiger partial charge in [0, 0.05) is 31.5 Å². The molecule has 2 unspecified atom stereocenters. The second kappa shape index (κ2) is 5.31. The molecule has 102 valence electrons. The molecule has 4 heteroatoms. The van der Waals surface area contributed by atoms with Crippen molar-refractivity contribution in [3.05, 3.63) is 30.0 Å². The molecular weight excluding hydrogens is 238 g/mol. The van der Waals surface area contributed by atoms with Crippen molar-refractivity contribution in [2.75, 3.05) is 13.2 Å². The van der Waals surface area contributed by atoms with Gasteiger partial charge < -0.3 is 10.5 Å². The highest BCUT2D eigenvalue weighted by molar-refractivity contribution is 5.81. The van der Waals surface area contributed by atoms with Crippen molar-refractivity contribution in [3.63, 3.8) is 0 Å². The highest BCUT2D eigenvalue weighted by Crippen LogP contribution is 2.22. The third-order valence-corrected chi connectivity index (χ3v) is 4.06. The maximum Gasteiger partial charge on any atom is 0.0718 e. The fourth-order valence-electron chi connectivity index (χ4n) is 2.93. The van der Waals surface area contributed by atoms with E-state index in [9.17, 15) is 0 Å². The summed E-state index contributed by atoms with van der Waals surface area (Å²) in [5, 5.41) is 5.84. The van der Waals surface area contributed by atoms with Crippen molar-refractivity contribution in [1.82, 2.24) is 9.78 Å². The Kier molecular flexibility index (Phi) is 3.53. The summed E-state index contributed by atoms with van der Waals surface area (Å²) in [6.07, 6.45) is 3.13. The molecule has 1 saturated heterocycles. The van der Waals surface area contributed by atoms with Crippen molar-refractivity contribution in [2.24, 2.45) is 18.7 Å². The zero-order valence-electron chi connectivity index (χ0n) is 11.4. The molecule has 2 aromatic rings. The summed E-state index contributed by atoms with van der Waals surface area (Å²) >= 11 is 0. The first kappa shape index (κ1) is 12.6. The van der Waals surface area contributed by atoms with Crippen LogP contribution in [0, 0.1) is 5.92 Å². The zero-order valence-corrected chi connectivity index (χ0v) is 11.4. The van der Waals surface area contributed by atoms with Gasteiger partial charge in [0.2, 0.25) is 0 Å². The Balaban J connectivity index is 1.81. The number of rotatable bonds is 3. The largest absolute Gasteiger partial charge is 0.381 e. The van der Waals surface area contributed by atoms with Gasteiger partial charge in [-0.1, -0.05) is 18.2 Å².